The van der Waals surface area contributed by atoms with Crippen LogP contribution in [0.3, 0.4) is 0 Å². The molecule has 96 valence electrons. The van der Waals surface area contributed by atoms with Crippen molar-refractivity contribution in [1.29, 1.82) is 0 Å². The molecule has 3 nitrogen and oxygen atoms in total. The molecule has 0 aromatic carbocycles. The minimum atomic E-state index is -0.411. The molecule has 2 aromatic heterocycles. The maximum Gasteiger partial charge on any atom is 0.0897 e. The van der Waals surface area contributed by atoms with Crippen LogP contribution in [0.25, 0.3) is 0 Å². The van der Waals surface area contributed by atoms with E-state index < -0.39 is 6.10 Å². The third-order valence-electron chi connectivity index (χ3n) is 2.85. The zero-order chi connectivity index (χ0) is 13.0. The lowest BCUT2D eigenvalue weighted by molar-refractivity contribution is 0.173. The fourth-order valence-electron chi connectivity index (χ4n) is 1.84. The van der Waals surface area contributed by atoms with Crippen molar-refractivity contribution in [3.63, 3.8) is 0 Å². The summed E-state index contributed by atoms with van der Waals surface area (Å²) in [7, 11) is 0. The molecule has 0 bridgehead atoms. The van der Waals surface area contributed by atoms with Gasteiger partial charge in [-0.15, -0.1) is 11.3 Å². The number of nitrogens with zero attached hydrogens (tertiary/aromatic N) is 2. The summed E-state index contributed by atoms with van der Waals surface area (Å²) in [5.41, 5.74) is 3.13. The highest BCUT2D eigenvalue weighted by molar-refractivity contribution is 7.09. The van der Waals surface area contributed by atoms with Crippen molar-refractivity contribution in [2.45, 2.75) is 39.2 Å². The van der Waals surface area contributed by atoms with Gasteiger partial charge in [0.2, 0.25) is 0 Å². The highest BCUT2D eigenvalue weighted by Crippen LogP contribution is 2.12. The van der Waals surface area contributed by atoms with Crippen LogP contribution in [0.4, 0.5) is 0 Å². The Bertz CT molecular complexity index is 493. The predicted octanol–water partition coefficient (Wildman–Crippen LogP) is 2.56. The van der Waals surface area contributed by atoms with Gasteiger partial charge in [0.1, 0.15) is 0 Å². The van der Waals surface area contributed by atoms with E-state index in [9.17, 15) is 5.11 Å². The number of hydrogen-bond donors (Lipinski definition) is 1. The third kappa shape index (κ3) is 3.62. The maximum atomic E-state index is 10.0. The van der Waals surface area contributed by atoms with E-state index in [1.54, 1.807) is 11.3 Å². The molecular weight excluding hydrogens is 244 g/mol. The summed E-state index contributed by atoms with van der Waals surface area (Å²) in [6, 6.07) is 4.07. The van der Waals surface area contributed by atoms with Gasteiger partial charge in [0.25, 0.3) is 0 Å². The molecule has 0 radical (unpaired) electrons. The summed E-state index contributed by atoms with van der Waals surface area (Å²) in [6.07, 6.45) is 3.65. The molecule has 0 fully saturated rings. The molecule has 1 N–H and O–H groups in total. The normalized spacial score (nSPS) is 12.6. The van der Waals surface area contributed by atoms with E-state index >= 15 is 0 Å². The molecule has 0 aliphatic heterocycles. The van der Waals surface area contributed by atoms with Gasteiger partial charge >= 0.3 is 0 Å². The molecule has 4 heteroatoms. The topological polar surface area (TPSA) is 46.0 Å². The van der Waals surface area contributed by atoms with E-state index in [0.29, 0.717) is 12.8 Å². The second-order valence-corrected chi connectivity index (χ2v) is 5.49. The van der Waals surface area contributed by atoms with Gasteiger partial charge in [-0.25, -0.2) is 4.98 Å². The second-order valence-electron chi connectivity index (χ2n) is 4.43. The molecule has 2 aromatic rings. The van der Waals surface area contributed by atoms with E-state index in [2.05, 4.69) is 23.0 Å². The van der Waals surface area contributed by atoms with E-state index in [-0.39, 0.29) is 0 Å². The van der Waals surface area contributed by atoms with Crippen LogP contribution in [0.15, 0.2) is 23.7 Å². The van der Waals surface area contributed by atoms with Crippen LogP contribution in [0.2, 0.25) is 0 Å². The number of aryl methyl sites for hydroxylation is 2. The summed E-state index contributed by atoms with van der Waals surface area (Å²) in [6.45, 7) is 4.09. The maximum absolute atomic E-state index is 10.0. The Morgan fingerprint density at radius 2 is 2.06 bits per heavy atom. The van der Waals surface area contributed by atoms with Gasteiger partial charge < -0.3 is 5.11 Å². The first kappa shape index (κ1) is 13.2. The molecule has 0 amide bonds. The summed E-state index contributed by atoms with van der Waals surface area (Å²) in [5, 5.41) is 13.1. The molecule has 2 rings (SSSR count). The number of aromatic nitrogens is 2. The first-order valence-corrected chi connectivity index (χ1v) is 7.08. The Balaban J connectivity index is 1.91. The number of aliphatic hydroxyl groups excluding tert-OH is 1. The molecule has 18 heavy (non-hydrogen) atoms. The molecule has 1 unspecified atom stereocenters. The van der Waals surface area contributed by atoms with Gasteiger partial charge in [-0.1, -0.05) is 13.0 Å². The van der Waals surface area contributed by atoms with Crippen molar-refractivity contribution in [3.05, 3.63) is 45.7 Å². The Morgan fingerprint density at radius 3 is 2.61 bits per heavy atom. The standard InChI is InChI=1S/C14H18N2OS/c1-3-11-4-5-12(15-8-11)6-14(17)7-13-9-18-10(2)16-13/h4-5,8-9,14,17H,3,6-7H2,1-2H3. The number of rotatable bonds is 5. The van der Waals surface area contributed by atoms with E-state index in [4.69, 9.17) is 0 Å². The molecular formula is C14H18N2OS. The average Bonchev–Trinajstić information content (AvgIpc) is 2.75. The highest BCUT2D eigenvalue weighted by Gasteiger charge is 2.09. The van der Waals surface area contributed by atoms with E-state index in [1.807, 2.05) is 24.6 Å². The van der Waals surface area contributed by atoms with Crippen LogP contribution in [0.1, 0.15) is 28.9 Å². The van der Waals surface area contributed by atoms with Gasteiger partial charge in [0.15, 0.2) is 0 Å². The average molecular weight is 262 g/mol. The molecule has 0 aliphatic rings. The fraction of sp³-hybridized carbons (Fsp3) is 0.429. The lowest BCUT2D eigenvalue weighted by atomic mass is 10.1. The Hall–Kier alpha value is -1.26. The first-order chi connectivity index (χ1) is 8.67. The zero-order valence-electron chi connectivity index (χ0n) is 10.8. The van der Waals surface area contributed by atoms with Crippen LogP contribution >= 0.6 is 11.3 Å². The summed E-state index contributed by atoms with van der Waals surface area (Å²) in [4.78, 5) is 8.72. The van der Waals surface area contributed by atoms with Crippen molar-refractivity contribution >= 4 is 11.3 Å². The largest absolute Gasteiger partial charge is 0.392 e. The van der Waals surface area contributed by atoms with Gasteiger partial charge in [-0.3, -0.25) is 4.98 Å². The molecule has 0 aliphatic carbocycles. The van der Waals surface area contributed by atoms with Gasteiger partial charge in [-0.05, 0) is 25.0 Å². The monoisotopic (exact) mass is 262 g/mol. The van der Waals surface area contributed by atoms with Gasteiger partial charge in [-0.2, -0.15) is 0 Å². The van der Waals surface area contributed by atoms with Crippen molar-refractivity contribution < 1.29 is 5.11 Å². The van der Waals surface area contributed by atoms with Crippen molar-refractivity contribution in [3.8, 4) is 0 Å². The Morgan fingerprint density at radius 1 is 1.28 bits per heavy atom. The molecule has 1 atom stereocenters. The summed E-state index contributed by atoms with van der Waals surface area (Å²) < 4.78 is 0. The predicted molar refractivity (Wildman–Crippen MR) is 73.9 cm³/mol. The molecule has 0 saturated carbocycles. The van der Waals surface area contributed by atoms with E-state index in [0.717, 1.165) is 22.8 Å². The molecule has 0 saturated heterocycles. The Labute approximate surface area is 112 Å². The minimum Gasteiger partial charge on any atom is -0.392 e. The zero-order valence-corrected chi connectivity index (χ0v) is 11.6. The quantitative estimate of drug-likeness (QED) is 0.900. The Kier molecular flexibility index (Phi) is 4.44. The van der Waals surface area contributed by atoms with Crippen LogP contribution in [-0.2, 0) is 19.3 Å². The van der Waals surface area contributed by atoms with E-state index in [1.165, 1.54) is 5.56 Å². The molecule has 2 heterocycles. The lowest BCUT2D eigenvalue weighted by Gasteiger charge is -2.08. The summed E-state index contributed by atoms with van der Waals surface area (Å²) in [5.74, 6) is 0. The molecule has 0 spiro atoms. The SMILES string of the molecule is CCc1ccc(CC(O)Cc2csc(C)n2)nc1. The number of hydrogen-bond acceptors (Lipinski definition) is 4. The van der Waals surface area contributed by atoms with Crippen LogP contribution < -0.4 is 0 Å². The lowest BCUT2D eigenvalue weighted by Crippen LogP contribution is -2.15. The minimum absolute atomic E-state index is 0.411. The number of thiazole rings is 1. The third-order valence-corrected chi connectivity index (χ3v) is 3.67. The van der Waals surface area contributed by atoms with Crippen molar-refractivity contribution in [2.24, 2.45) is 0 Å². The summed E-state index contributed by atoms with van der Waals surface area (Å²) >= 11 is 1.62. The van der Waals surface area contributed by atoms with Crippen LogP contribution in [0.5, 0.6) is 0 Å². The number of aliphatic hydroxyl groups is 1. The van der Waals surface area contributed by atoms with Gasteiger partial charge in [0, 0.05) is 30.1 Å². The van der Waals surface area contributed by atoms with Crippen LogP contribution in [-0.4, -0.2) is 21.2 Å². The second kappa shape index (κ2) is 6.07. The fourth-order valence-corrected chi connectivity index (χ4v) is 2.47. The number of pyridine rings is 1. The van der Waals surface area contributed by atoms with Crippen molar-refractivity contribution in [2.75, 3.05) is 0 Å². The smallest absolute Gasteiger partial charge is 0.0897 e. The van der Waals surface area contributed by atoms with Crippen molar-refractivity contribution in [1.82, 2.24) is 9.97 Å². The van der Waals surface area contributed by atoms with Crippen LogP contribution in [0, 0.1) is 6.92 Å². The van der Waals surface area contributed by atoms with Gasteiger partial charge in [0.05, 0.1) is 16.8 Å². The highest BCUT2D eigenvalue weighted by atomic mass is 32.1. The first-order valence-electron chi connectivity index (χ1n) is 6.20.